The van der Waals surface area contributed by atoms with E-state index in [0.717, 1.165) is 0 Å². The molecule has 0 aromatic carbocycles. The molecule has 1 aliphatic heterocycles. The molecule has 0 aromatic rings. The van der Waals surface area contributed by atoms with Crippen molar-refractivity contribution in [3.8, 4) is 0 Å². The molecule has 7 heteroatoms. The third-order valence-corrected chi connectivity index (χ3v) is 2.78. The number of hydrogen-bond acceptors (Lipinski definition) is 6. The van der Waals surface area contributed by atoms with E-state index >= 15 is 0 Å². The molecule has 0 aliphatic carbocycles. The molecule has 0 saturated carbocycles. The summed E-state index contributed by atoms with van der Waals surface area (Å²) in [6, 6.07) is 0. The van der Waals surface area contributed by atoms with Crippen LogP contribution in [0, 0.1) is 5.92 Å². The summed E-state index contributed by atoms with van der Waals surface area (Å²) in [4.78, 5) is 17.2. The summed E-state index contributed by atoms with van der Waals surface area (Å²) in [5.41, 5.74) is 1.35. The predicted molar refractivity (Wildman–Crippen MR) is 67.4 cm³/mol. The van der Waals surface area contributed by atoms with E-state index in [1.165, 1.54) is 12.1 Å². The van der Waals surface area contributed by atoms with Crippen LogP contribution < -0.4 is 5.48 Å². The van der Waals surface area contributed by atoms with Crippen molar-refractivity contribution < 1.29 is 14.8 Å². The van der Waals surface area contributed by atoms with Gasteiger partial charge in [0.15, 0.2) is 0 Å². The van der Waals surface area contributed by atoms with E-state index in [2.05, 4.69) is 10.3 Å². The Labute approximate surface area is 106 Å². The van der Waals surface area contributed by atoms with Crippen LogP contribution in [0.4, 0.5) is 0 Å². The zero-order chi connectivity index (χ0) is 13.9. The summed E-state index contributed by atoms with van der Waals surface area (Å²) >= 11 is 0. The molecule has 0 aromatic heterocycles. The number of rotatable bonds is 5. The summed E-state index contributed by atoms with van der Waals surface area (Å²) in [7, 11) is 1.52. The lowest BCUT2D eigenvalue weighted by Gasteiger charge is -2.25. The van der Waals surface area contributed by atoms with Gasteiger partial charge in [0.05, 0.1) is 11.4 Å². The highest BCUT2D eigenvalue weighted by Crippen LogP contribution is 2.21. The van der Waals surface area contributed by atoms with Gasteiger partial charge in [-0.1, -0.05) is 19.0 Å². The van der Waals surface area contributed by atoms with Gasteiger partial charge < -0.3 is 10.0 Å². The fraction of sp³-hybridized carbons (Fsp3) is 0.727. The van der Waals surface area contributed by atoms with Gasteiger partial charge in [-0.2, -0.15) is 10.6 Å². The monoisotopic (exact) mass is 256 g/mol. The molecular weight excluding hydrogens is 236 g/mol. The summed E-state index contributed by atoms with van der Waals surface area (Å²) in [5.74, 6) is -0.0619. The number of carbonyl (C=O) groups is 1. The number of likely N-dealkylation sites (N-methyl/N-ethyl adjacent to an activating group) is 1. The third-order valence-electron chi connectivity index (χ3n) is 2.78. The number of oxime groups is 1. The van der Waals surface area contributed by atoms with Crippen LogP contribution in [-0.2, 0) is 9.63 Å². The number of nitrogens with one attached hydrogen (secondary N) is 1. The lowest BCUT2D eigenvalue weighted by Crippen LogP contribution is -2.60. The maximum absolute atomic E-state index is 12.1. The zero-order valence-corrected chi connectivity index (χ0v) is 11.4. The Balaban J connectivity index is 2.95. The molecule has 1 rings (SSSR count). The van der Waals surface area contributed by atoms with Crippen LogP contribution in [0.25, 0.3) is 0 Å². The van der Waals surface area contributed by atoms with Gasteiger partial charge in [-0.15, -0.1) is 0 Å². The zero-order valence-electron chi connectivity index (χ0n) is 11.4. The lowest BCUT2D eigenvalue weighted by atomic mass is 9.90. The van der Waals surface area contributed by atoms with Crippen molar-refractivity contribution in [1.29, 1.82) is 0 Å². The topological polar surface area (TPSA) is 86.5 Å². The van der Waals surface area contributed by atoms with Crippen LogP contribution in [0.2, 0.25) is 0 Å². The second kappa shape index (κ2) is 5.45. The van der Waals surface area contributed by atoms with Crippen molar-refractivity contribution in [3.05, 3.63) is 0 Å². The number of nitrogens with zero attached hydrogens (tertiary/aromatic N) is 3. The van der Waals surface area contributed by atoms with Gasteiger partial charge >= 0.3 is 0 Å². The average Bonchev–Trinajstić information content (AvgIpc) is 2.50. The van der Waals surface area contributed by atoms with Crippen molar-refractivity contribution >= 4 is 17.3 Å². The minimum Gasteiger partial charge on any atom is -0.396 e. The van der Waals surface area contributed by atoms with Crippen LogP contribution in [0.1, 0.15) is 27.7 Å². The van der Waals surface area contributed by atoms with Crippen LogP contribution in [0.5, 0.6) is 0 Å². The summed E-state index contributed by atoms with van der Waals surface area (Å²) in [5, 5.41) is 18.4. The van der Waals surface area contributed by atoms with Gasteiger partial charge in [-0.25, -0.2) is 5.01 Å². The molecule has 1 amide bonds. The molecule has 0 spiro atoms. The summed E-state index contributed by atoms with van der Waals surface area (Å²) in [6.45, 7) is 7.68. The molecule has 1 unspecified atom stereocenters. The minimum absolute atomic E-state index is 0.321. The standard InChI is InChI=1S/C11H20N4O3/c1-7(2)6-18-13-9(4)11(14-17)8(3)12-15(5)10(11)16/h7,14,17H,6H2,1-5H3. The number of hydrazone groups is 1. The van der Waals surface area contributed by atoms with E-state index in [4.69, 9.17) is 4.84 Å². The highest BCUT2D eigenvalue weighted by molar-refractivity contribution is 6.32. The largest absolute Gasteiger partial charge is 0.396 e. The smallest absolute Gasteiger partial charge is 0.276 e. The highest BCUT2D eigenvalue weighted by atomic mass is 16.6. The Hall–Kier alpha value is -1.47. The van der Waals surface area contributed by atoms with Gasteiger partial charge in [0.1, 0.15) is 6.61 Å². The SMILES string of the molecule is CC(=NOCC(C)C)C1(NO)C(=O)N(C)N=C1C. The molecule has 0 fully saturated rings. The molecule has 2 N–H and O–H groups in total. The van der Waals surface area contributed by atoms with Gasteiger partial charge in [-0.3, -0.25) is 4.79 Å². The van der Waals surface area contributed by atoms with Gasteiger partial charge in [0.2, 0.25) is 5.54 Å². The number of hydrogen-bond donors (Lipinski definition) is 2. The molecule has 0 bridgehead atoms. The van der Waals surface area contributed by atoms with E-state index in [9.17, 15) is 10.0 Å². The van der Waals surface area contributed by atoms with Crippen molar-refractivity contribution in [3.63, 3.8) is 0 Å². The molecular formula is C11H20N4O3. The van der Waals surface area contributed by atoms with Crippen LogP contribution in [0.3, 0.4) is 0 Å². The Morgan fingerprint density at radius 2 is 2.28 bits per heavy atom. The minimum atomic E-state index is -1.41. The van der Waals surface area contributed by atoms with Gasteiger partial charge in [0, 0.05) is 7.05 Å². The van der Waals surface area contributed by atoms with Crippen molar-refractivity contribution in [2.24, 2.45) is 16.2 Å². The Morgan fingerprint density at radius 1 is 1.67 bits per heavy atom. The summed E-state index contributed by atoms with van der Waals surface area (Å²) in [6.07, 6.45) is 0. The van der Waals surface area contributed by atoms with E-state index < -0.39 is 11.4 Å². The lowest BCUT2D eigenvalue weighted by molar-refractivity contribution is -0.133. The maximum atomic E-state index is 12.1. The van der Waals surface area contributed by atoms with E-state index in [0.29, 0.717) is 23.9 Å². The first-order valence-electron chi connectivity index (χ1n) is 5.78. The third kappa shape index (κ3) is 2.37. The molecule has 7 nitrogen and oxygen atoms in total. The number of amides is 1. The highest BCUT2D eigenvalue weighted by Gasteiger charge is 2.51. The van der Waals surface area contributed by atoms with Gasteiger partial charge in [-0.05, 0) is 19.8 Å². The first kappa shape index (κ1) is 14.6. The number of carbonyl (C=O) groups excluding carboxylic acids is 1. The maximum Gasteiger partial charge on any atom is 0.276 e. The van der Waals surface area contributed by atoms with Crippen LogP contribution in [0.15, 0.2) is 10.3 Å². The second-order valence-corrected chi connectivity index (χ2v) is 4.74. The Kier molecular flexibility index (Phi) is 4.42. The Morgan fingerprint density at radius 3 is 2.67 bits per heavy atom. The van der Waals surface area contributed by atoms with Crippen LogP contribution >= 0.6 is 0 Å². The quantitative estimate of drug-likeness (QED) is 0.557. The Bertz CT molecular complexity index is 392. The molecule has 102 valence electrons. The molecule has 18 heavy (non-hydrogen) atoms. The van der Waals surface area contributed by atoms with Crippen molar-refractivity contribution in [2.45, 2.75) is 33.2 Å². The molecule has 1 atom stereocenters. The first-order chi connectivity index (χ1) is 8.36. The number of hydroxylamine groups is 1. The summed E-state index contributed by atoms with van der Waals surface area (Å²) < 4.78 is 0. The van der Waals surface area contributed by atoms with Gasteiger partial charge in [0.25, 0.3) is 5.91 Å². The second-order valence-electron chi connectivity index (χ2n) is 4.74. The van der Waals surface area contributed by atoms with Crippen molar-refractivity contribution in [1.82, 2.24) is 10.5 Å². The molecule has 0 radical (unpaired) electrons. The average molecular weight is 256 g/mol. The first-order valence-corrected chi connectivity index (χ1v) is 5.78. The molecule has 1 aliphatic rings. The predicted octanol–water partition coefficient (Wildman–Crippen LogP) is 0.600. The van der Waals surface area contributed by atoms with Crippen LogP contribution in [-0.4, -0.2) is 46.7 Å². The fourth-order valence-corrected chi connectivity index (χ4v) is 1.72. The van der Waals surface area contributed by atoms with E-state index in [1.54, 1.807) is 13.8 Å². The molecule has 0 saturated heterocycles. The fourth-order valence-electron chi connectivity index (χ4n) is 1.72. The van der Waals surface area contributed by atoms with E-state index in [1.807, 2.05) is 19.3 Å². The normalized spacial score (nSPS) is 24.8. The molecule has 1 heterocycles. The van der Waals surface area contributed by atoms with Crippen molar-refractivity contribution in [2.75, 3.05) is 13.7 Å². The van der Waals surface area contributed by atoms with E-state index in [-0.39, 0.29) is 0 Å².